The lowest BCUT2D eigenvalue weighted by atomic mass is 9.87. The van der Waals surface area contributed by atoms with E-state index < -0.39 is 6.10 Å². The number of ether oxygens (including phenoxy) is 1. The predicted octanol–water partition coefficient (Wildman–Crippen LogP) is 4.53. The van der Waals surface area contributed by atoms with E-state index in [4.69, 9.17) is 4.74 Å². The highest BCUT2D eigenvalue weighted by Gasteiger charge is 2.25. The van der Waals surface area contributed by atoms with Crippen LogP contribution >= 0.6 is 0 Å². The van der Waals surface area contributed by atoms with Gasteiger partial charge in [0.2, 0.25) is 0 Å². The van der Waals surface area contributed by atoms with E-state index in [1.54, 1.807) is 0 Å². The third-order valence-electron chi connectivity index (χ3n) is 5.71. The molecule has 2 aliphatic carbocycles. The van der Waals surface area contributed by atoms with Crippen LogP contribution in [-0.2, 0) is 24.1 Å². The van der Waals surface area contributed by atoms with Gasteiger partial charge in [0.1, 0.15) is 5.75 Å². The molecule has 2 aromatic rings. The van der Waals surface area contributed by atoms with Crippen LogP contribution in [0.1, 0.15) is 60.9 Å². The number of hydrogen-bond acceptors (Lipinski definition) is 2. The molecule has 136 valence electrons. The van der Waals surface area contributed by atoms with Gasteiger partial charge in [-0.05, 0) is 80.2 Å². The van der Waals surface area contributed by atoms with E-state index in [9.17, 15) is 4.79 Å². The van der Waals surface area contributed by atoms with Crippen LogP contribution in [0, 0.1) is 0 Å². The number of amides is 1. The lowest BCUT2D eigenvalue weighted by Crippen LogP contribution is -2.39. The summed E-state index contributed by atoms with van der Waals surface area (Å²) in [6, 6.07) is 14.8. The van der Waals surface area contributed by atoms with Crippen molar-refractivity contribution in [3.63, 3.8) is 0 Å². The molecule has 3 heteroatoms. The Labute approximate surface area is 155 Å². The maximum atomic E-state index is 12.8. The van der Waals surface area contributed by atoms with Gasteiger partial charge in [-0.2, -0.15) is 0 Å². The summed E-state index contributed by atoms with van der Waals surface area (Å²) in [6.07, 6.45) is 7.34. The van der Waals surface area contributed by atoms with Gasteiger partial charge in [0.25, 0.3) is 5.91 Å². The second kappa shape index (κ2) is 7.53. The summed E-state index contributed by atoms with van der Waals surface area (Å²) in [6.45, 7) is 1.85. The lowest BCUT2D eigenvalue weighted by Gasteiger charge is -2.28. The number of hydrogen-bond donors (Lipinski definition) is 1. The first-order valence-electron chi connectivity index (χ1n) is 9.88. The molecule has 2 atom stereocenters. The van der Waals surface area contributed by atoms with E-state index in [2.05, 4.69) is 35.6 Å². The van der Waals surface area contributed by atoms with Crippen molar-refractivity contribution in [2.75, 3.05) is 0 Å². The van der Waals surface area contributed by atoms with Gasteiger partial charge in [-0.25, -0.2) is 0 Å². The third-order valence-corrected chi connectivity index (χ3v) is 5.71. The predicted molar refractivity (Wildman–Crippen MR) is 103 cm³/mol. The second-order valence-electron chi connectivity index (χ2n) is 7.51. The van der Waals surface area contributed by atoms with Crippen LogP contribution in [0.5, 0.6) is 5.75 Å². The quantitative estimate of drug-likeness (QED) is 0.881. The number of rotatable bonds is 4. The van der Waals surface area contributed by atoms with E-state index in [-0.39, 0.29) is 11.9 Å². The first-order chi connectivity index (χ1) is 12.7. The molecule has 4 rings (SSSR count). The fourth-order valence-corrected chi connectivity index (χ4v) is 4.29. The van der Waals surface area contributed by atoms with Gasteiger partial charge in [0, 0.05) is 0 Å². The summed E-state index contributed by atoms with van der Waals surface area (Å²) >= 11 is 0. The van der Waals surface area contributed by atoms with Crippen molar-refractivity contribution < 1.29 is 9.53 Å². The van der Waals surface area contributed by atoms with Crippen molar-refractivity contribution in [3.8, 4) is 5.75 Å². The maximum absolute atomic E-state index is 12.8. The molecular formula is C23H27NO2. The number of fused-ring (bicyclic) bond motifs is 2. The Morgan fingerprint density at radius 1 is 1.00 bits per heavy atom. The summed E-state index contributed by atoms with van der Waals surface area (Å²) in [5.41, 5.74) is 5.29. The summed E-state index contributed by atoms with van der Waals surface area (Å²) in [7, 11) is 0. The highest BCUT2D eigenvalue weighted by Crippen LogP contribution is 2.31. The smallest absolute Gasteiger partial charge is 0.261 e. The summed E-state index contributed by atoms with van der Waals surface area (Å²) < 4.78 is 6.09. The molecule has 0 bridgehead atoms. The first-order valence-corrected chi connectivity index (χ1v) is 9.88. The summed E-state index contributed by atoms with van der Waals surface area (Å²) in [5, 5.41) is 3.21. The molecule has 2 aliphatic rings. The molecule has 0 spiro atoms. The van der Waals surface area contributed by atoms with Crippen molar-refractivity contribution in [3.05, 3.63) is 64.7 Å². The van der Waals surface area contributed by atoms with Crippen LogP contribution in [0.4, 0.5) is 0 Å². The highest BCUT2D eigenvalue weighted by atomic mass is 16.5. The Kier molecular flexibility index (Phi) is 4.96. The van der Waals surface area contributed by atoms with Crippen LogP contribution in [0.25, 0.3) is 0 Å². The highest BCUT2D eigenvalue weighted by molar-refractivity contribution is 5.81. The minimum atomic E-state index is -0.488. The van der Waals surface area contributed by atoms with Gasteiger partial charge in [0.15, 0.2) is 6.10 Å². The van der Waals surface area contributed by atoms with E-state index >= 15 is 0 Å². The van der Waals surface area contributed by atoms with Crippen molar-refractivity contribution in [1.82, 2.24) is 5.32 Å². The lowest BCUT2D eigenvalue weighted by molar-refractivity contribution is -0.128. The summed E-state index contributed by atoms with van der Waals surface area (Å²) in [4.78, 5) is 12.8. The van der Waals surface area contributed by atoms with Crippen molar-refractivity contribution in [2.24, 2.45) is 0 Å². The van der Waals surface area contributed by atoms with E-state index in [1.165, 1.54) is 35.1 Å². The number of aryl methyl sites for hydroxylation is 2. The fourth-order valence-electron chi connectivity index (χ4n) is 4.29. The van der Waals surface area contributed by atoms with E-state index in [0.29, 0.717) is 0 Å². The van der Waals surface area contributed by atoms with Crippen LogP contribution in [0.15, 0.2) is 42.5 Å². The van der Waals surface area contributed by atoms with E-state index in [0.717, 1.165) is 37.9 Å². The standard InChI is InChI=1S/C23H27NO2/c1-16(26-22-15-7-11-18-9-3-5-13-20(18)22)23(25)24-21-14-6-10-17-8-2-4-12-19(17)21/h2,4,7-8,11-12,15-16,21H,3,5-6,9-10,13-14H2,1H3,(H,24,25)/t16-,21-/m0/s1. The molecular weight excluding hydrogens is 322 g/mol. The first kappa shape index (κ1) is 17.1. The van der Waals surface area contributed by atoms with E-state index in [1.807, 2.05) is 19.1 Å². The van der Waals surface area contributed by atoms with Gasteiger partial charge < -0.3 is 10.1 Å². The van der Waals surface area contributed by atoms with Gasteiger partial charge in [0.05, 0.1) is 6.04 Å². The average molecular weight is 349 g/mol. The largest absolute Gasteiger partial charge is 0.481 e. The topological polar surface area (TPSA) is 38.3 Å². The minimum absolute atomic E-state index is 0.0277. The number of carbonyl (C=O) groups excluding carboxylic acids is 1. The Morgan fingerprint density at radius 2 is 1.77 bits per heavy atom. The molecule has 0 aromatic heterocycles. The molecule has 0 aliphatic heterocycles. The van der Waals surface area contributed by atoms with Crippen molar-refractivity contribution in [2.45, 2.75) is 64.0 Å². The molecule has 0 heterocycles. The Morgan fingerprint density at radius 3 is 2.69 bits per heavy atom. The van der Waals surface area contributed by atoms with Crippen LogP contribution < -0.4 is 10.1 Å². The van der Waals surface area contributed by atoms with Gasteiger partial charge in [-0.15, -0.1) is 0 Å². The van der Waals surface area contributed by atoms with Gasteiger partial charge in [-0.1, -0.05) is 36.4 Å². The molecule has 0 saturated carbocycles. The Bertz CT molecular complexity index is 799. The average Bonchev–Trinajstić information content (AvgIpc) is 2.68. The van der Waals surface area contributed by atoms with Crippen LogP contribution in [-0.4, -0.2) is 12.0 Å². The number of nitrogens with one attached hydrogen (secondary N) is 1. The molecule has 26 heavy (non-hydrogen) atoms. The molecule has 3 nitrogen and oxygen atoms in total. The Balaban J connectivity index is 1.45. The van der Waals surface area contributed by atoms with Gasteiger partial charge >= 0.3 is 0 Å². The monoisotopic (exact) mass is 349 g/mol. The van der Waals surface area contributed by atoms with Gasteiger partial charge in [-0.3, -0.25) is 4.79 Å². The zero-order chi connectivity index (χ0) is 17.9. The molecule has 0 radical (unpaired) electrons. The molecule has 1 amide bonds. The zero-order valence-corrected chi connectivity index (χ0v) is 15.5. The molecule has 1 N–H and O–H groups in total. The zero-order valence-electron chi connectivity index (χ0n) is 15.5. The van der Waals surface area contributed by atoms with Crippen molar-refractivity contribution >= 4 is 5.91 Å². The third kappa shape index (κ3) is 3.48. The van der Waals surface area contributed by atoms with Crippen LogP contribution in [0.3, 0.4) is 0 Å². The van der Waals surface area contributed by atoms with Crippen LogP contribution in [0.2, 0.25) is 0 Å². The fraction of sp³-hybridized carbons (Fsp3) is 0.435. The normalized spacial score (nSPS) is 19.8. The van der Waals surface area contributed by atoms with Crippen molar-refractivity contribution in [1.29, 1.82) is 0 Å². The Hall–Kier alpha value is -2.29. The second-order valence-corrected chi connectivity index (χ2v) is 7.51. The molecule has 0 saturated heterocycles. The molecule has 2 aromatic carbocycles. The number of carbonyl (C=O) groups is 1. The number of benzene rings is 2. The maximum Gasteiger partial charge on any atom is 0.261 e. The molecule has 0 fully saturated rings. The summed E-state index contributed by atoms with van der Waals surface area (Å²) in [5.74, 6) is 0.856. The molecule has 0 unspecified atom stereocenters. The SMILES string of the molecule is C[C@H](Oc1cccc2c1CCCC2)C(=O)N[C@H]1CCCc2ccccc21. The minimum Gasteiger partial charge on any atom is -0.481 e.